The molecule has 2 aliphatic heterocycles. The van der Waals surface area contributed by atoms with E-state index >= 15 is 0 Å². The monoisotopic (exact) mass is 274 g/mol. The van der Waals surface area contributed by atoms with Gasteiger partial charge in [0.25, 0.3) is 0 Å². The third kappa shape index (κ3) is 4.07. The molecule has 17 heavy (non-hydrogen) atoms. The minimum Gasteiger partial charge on any atom is -0.354 e. The molecule has 5 heteroatoms. The molecule has 0 aromatic carbocycles. The van der Waals surface area contributed by atoms with Crippen molar-refractivity contribution < 1.29 is 4.79 Å². The fraction of sp³-hybridized carbons (Fsp3) is 0.917. The molecule has 0 aromatic heterocycles. The SMILES string of the molecule is C[C@@H]1CCCN[C@@H]1CNC(=O)[C@@H]1CSCCS1. The standard InChI is InChI=1S/C12H22N2OS2/c1-9-3-2-4-13-10(9)7-14-12(15)11-8-16-5-6-17-11/h9-11,13H,2-8H2,1H3,(H,14,15)/t9-,10-,11+/m1/s1. The minimum atomic E-state index is 0.174. The van der Waals surface area contributed by atoms with E-state index in [-0.39, 0.29) is 11.2 Å². The Kier molecular flexibility index (Phi) is 5.50. The van der Waals surface area contributed by atoms with Crippen molar-refractivity contribution in [3.05, 3.63) is 0 Å². The molecule has 3 nitrogen and oxygen atoms in total. The summed E-state index contributed by atoms with van der Waals surface area (Å²) in [6, 6.07) is 0.467. The normalized spacial score (nSPS) is 34.3. The summed E-state index contributed by atoms with van der Waals surface area (Å²) in [5, 5.41) is 6.79. The lowest BCUT2D eigenvalue weighted by molar-refractivity contribution is -0.120. The van der Waals surface area contributed by atoms with Gasteiger partial charge in [0.15, 0.2) is 0 Å². The van der Waals surface area contributed by atoms with Crippen LogP contribution in [0.25, 0.3) is 0 Å². The first-order chi connectivity index (χ1) is 8.27. The molecule has 2 aliphatic rings. The van der Waals surface area contributed by atoms with Gasteiger partial charge >= 0.3 is 0 Å². The van der Waals surface area contributed by atoms with Crippen LogP contribution in [-0.4, -0.2) is 47.5 Å². The number of carbonyl (C=O) groups excluding carboxylic acids is 1. The summed E-state index contributed by atoms with van der Waals surface area (Å²) >= 11 is 3.70. The maximum absolute atomic E-state index is 12.0. The van der Waals surface area contributed by atoms with Gasteiger partial charge in [-0.2, -0.15) is 11.8 Å². The Morgan fingerprint density at radius 3 is 3.06 bits per heavy atom. The van der Waals surface area contributed by atoms with Gasteiger partial charge in [0, 0.05) is 29.8 Å². The van der Waals surface area contributed by atoms with Crippen molar-refractivity contribution in [2.75, 3.05) is 30.3 Å². The Morgan fingerprint density at radius 1 is 1.47 bits per heavy atom. The van der Waals surface area contributed by atoms with Crippen LogP contribution in [0.4, 0.5) is 0 Å². The number of thioether (sulfide) groups is 2. The first-order valence-corrected chi connectivity index (χ1v) is 8.68. The first-order valence-electron chi connectivity index (χ1n) is 6.48. The Labute approximate surface area is 112 Å². The average Bonchev–Trinajstić information content (AvgIpc) is 2.38. The Morgan fingerprint density at radius 2 is 2.35 bits per heavy atom. The third-order valence-electron chi connectivity index (χ3n) is 3.53. The van der Waals surface area contributed by atoms with Crippen LogP contribution in [0.1, 0.15) is 19.8 Å². The number of piperidine rings is 1. The van der Waals surface area contributed by atoms with Gasteiger partial charge in [0.05, 0.1) is 5.25 Å². The van der Waals surface area contributed by atoms with E-state index in [1.165, 1.54) is 18.6 Å². The summed E-state index contributed by atoms with van der Waals surface area (Å²) < 4.78 is 0. The quantitative estimate of drug-likeness (QED) is 0.815. The van der Waals surface area contributed by atoms with E-state index in [4.69, 9.17) is 0 Å². The van der Waals surface area contributed by atoms with E-state index in [0.29, 0.717) is 12.0 Å². The van der Waals surface area contributed by atoms with Crippen LogP contribution < -0.4 is 10.6 Å². The van der Waals surface area contributed by atoms with E-state index in [9.17, 15) is 4.79 Å². The third-order valence-corrected chi connectivity index (χ3v) is 6.29. The average molecular weight is 274 g/mol. The van der Waals surface area contributed by atoms with Crippen LogP contribution in [0.5, 0.6) is 0 Å². The Balaban J connectivity index is 1.71. The zero-order chi connectivity index (χ0) is 12.1. The predicted octanol–water partition coefficient (Wildman–Crippen LogP) is 1.34. The predicted molar refractivity (Wildman–Crippen MR) is 76.8 cm³/mol. The lowest BCUT2D eigenvalue weighted by atomic mass is 9.93. The number of hydrogen-bond acceptors (Lipinski definition) is 4. The van der Waals surface area contributed by atoms with Crippen molar-refractivity contribution in [2.24, 2.45) is 5.92 Å². The molecule has 98 valence electrons. The molecule has 2 rings (SSSR count). The highest BCUT2D eigenvalue weighted by molar-refractivity contribution is 8.07. The number of nitrogens with one attached hydrogen (secondary N) is 2. The van der Waals surface area contributed by atoms with Gasteiger partial charge < -0.3 is 10.6 Å². The lowest BCUT2D eigenvalue weighted by Crippen LogP contribution is -2.49. The zero-order valence-corrected chi connectivity index (χ0v) is 12.0. The van der Waals surface area contributed by atoms with Crippen molar-refractivity contribution in [3.8, 4) is 0 Å². The van der Waals surface area contributed by atoms with Crippen LogP contribution in [0.15, 0.2) is 0 Å². The van der Waals surface area contributed by atoms with Crippen molar-refractivity contribution in [3.63, 3.8) is 0 Å². The largest absolute Gasteiger partial charge is 0.354 e. The van der Waals surface area contributed by atoms with Gasteiger partial charge in [-0.15, -0.1) is 11.8 Å². The number of hydrogen-bond donors (Lipinski definition) is 2. The van der Waals surface area contributed by atoms with E-state index in [1.54, 1.807) is 11.8 Å². The molecule has 2 fully saturated rings. The Hall–Kier alpha value is 0.130. The van der Waals surface area contributed by atoms with E-state index in [2.05, 4.69) is 17.6 Å². The number of amides is 1. The number of rotatable bonds is 3. The summed E-state index contributed by atoms with van der Waals surface area (Å²) in [6.45, 7) is 4.16. The number of carbonyl (C=O) groups is 1. The fourth-order valence-corrected chi connectivity index (χ4v) is 4.93. The second-order valence-electron chi connectivity index (χ2n) is 4.86. The molecule has 0 saturated carbocycles. The highest BCUT2D eigenvalue weighted by atomic mass is 32.2. The van der Waals surface area contributed by atoms with Crippen molar-refractivity contribution >= 4 is 29.4 Å². The van der Waals surface area contributed by atoms with Crippen LogP contribution in [0.2, 0.25) is 0 Å². The molecule has 1 amide bonds. The highest BCUT2D eigenvalue weighted by Gasteiger charge is 2.25. The summed E-state index contributed by atoms with van der Waals surface area (Å²) in [6.07, 6.45) is 2.54. The van der Waals surface area contributed by atoms with Crippen molar-refractivity contribution in [2.45, 2.75) is 31.1 Å². The second kappa shape index (κ2) is 6.90. The van der Waals surface area contributed by atoms with Gasteiger partial charge in [-0.1, -0.05) is 6.92 Å². The molecule has 0 bridgehead atoms. The summed E-state index contributed by atoms with van der Waals surface area (Å²) in [5.74, 6) is 4.19. The van der Waals surface area contributed by atoms with Gasteiger partial charge in [-0.05, 0) is 25.3 Å². The first kappa shape index (κ1) is 13.6. The van der Waals surface area contributed by atoms with Gasteiger partial charge in [-0.3, -0.25) is 4.79 Å². The topological polar surface area (TPSA) is 41.1 Å². The summed E-state index contributed by atoms with van der Waals surface area (Å²) in [7, 11) is 0. The van der Waals surface area contributed by atoms with Crippen LogP contribution >= 0.6 is 23.5 Å². The molecule has 3 atom stereocenters. The molecule has 0 spiro atoms. The summed E-state index contributed by atoms with van der Waals surface area (Å²) in [5.41, 5.74) is 0. The van der Waals surface area contributed by atoms with Gasteiger partial charge in [-0.25, -0.2) is 0 Å². The van der Waals surface area contributed by atoms with E-state index in [1.807, 2.05) is 11.8 Å². The second-order valence-corrected chi connectivity index (χ2v) is 7.32. The van der Waals surface area contributed by atoms with E-state index < -0.39 is 0 Å². The molecular weight excluding hydrogens is 252 g/mol. The Bertz CT molecular complexity index is 257. The smallest absolute Gasteiger partial charge is 0.234 e. The van der Waals surface area contributed by atoms with Crippen molar-refractivity contribution in [1.82, 2.24) is 10.6 Å². The molecule has 0 radical (unpaired) electrons. The maximum atomic E-state index is 12.0. The highest BCUT2D eigenvalue weighted by Crippen LogP contribution is 2.24. The van der Waals surface area contributed by atoms with Crippen LogP contribution in [-0.2, 0) is 4.79 Å². The van der Waals surface area contributed by atoms with Crippen molar-refractivity contribution in [1.29, 1.82) is 0 Å². The minimum absolute atomic E-state index is 0.174. The van der Waals surface area contributed by atoms with Crippen LogP contribution in [0.3, 0.4) is 0 Å². The molecule has 2 heterocycles. The van der Waals surface area contributed by atoms with Gasteiger partial charge in [0.2, 0.25) is 5.91 Å². The zero-order valence-electron chi connectivity index (χ0n) is 10.4. The fourth-order valence-electron chi connectivity index (χ4n) is 2.35. The molecule has 2 saturated heterocycles. The molecular formula is C12H22N2OS2. The van der Waals surface area contributed by atoms with Crippen LogP contribution in [0, 0.1) is 5.92 Å². The maximum Gasteiger partial charge on any atom is 0.234 e. The summed E-state index contributed by atoms with van der Waals surface area (Å²) in [4.78, 5) is 12.0. The lowest BCUT2D eigenvalue weighted by Gasteiger charge is -2.31. The van der Waals surface area contributed by atoms with Gasteiger partial charge in [0.1, 0.15) is 0 Å². The molecule has 0 unspecified atom stereocenters. The molecule has 0 aliphatic carbocycles. The van der Waals surface area contributed by atoms with E-state index in [0.717, 1.165) is 24.6 Å². The molecule has 0 aromatic rings. The molecule has 2 N–H and O–H groups in total.